The maximum atomic E-state index is 6.56. The van der Waals surface area contributed by atoms with Gasteiger partial charge in [-0.25, -0.2) is 15.0 Å². The summed E-state index contributed by atoms with van der Waals surface area (Å²) in [5.41, 5.74) is 11.7. The normalized spacial score (nSPS) is 11.5. The molecule has 0 N–H and O–H groups in total. The highest BCUT2D eigenvalue weighted by atomic mass is 16.3. The van der Waals surface area contributed by atoms with E-state index in [4.69, 9.17) is 19.4 Å². The molecule has 238 valence electrons. The Morgan fingerprint density at radius 2 is 0.922 bits per heavy atom. The summed E-state index contributed by atoms with van der Waals surface area (Å²) in [5, 5.41) is 5.35. The Kier molecular flexibility index (Phi) is 6.78. The molecule has 0 aliphatic heterocycles. The van der Waals surface area contributed by atoms with E-state index < -0.39 is 0 Å². The highest BCUT2D eigenvalue weighted by Gasteiger charge is 2.19. The summed E-state index contributed by atoms with van der Waals surface area (Å²) in [4.78, 5) is 15.5. The molecule has 10 rings (SSSR count). The maximum absolute atomic E-state index is 6.56. The Labute approximate surface area is 294 Å². The van der Waals surface area contributed by atoms with E-state index in [-0.39, 0.29) is 0 Å². The van der Waals surface area contributed by atoms with Crippen molar-refractivity contribution < 1.29 is 4.42 Å². The minimum Gasteiger partial charge on any atom is -0.455 e. The van der Waals surface area contributed by atoms with Crippen LogP contribution >= 0.6 is 0 Å². The molecule has 0 bridgehead atoms. The molecule has 0 aliphatic rings. The number of benzene rings is 7. The number of hydrogen-bond acceptors (Lipinski definition) is 4. The van der Waals surface area contributed by atoms with Crippen LogP contribution in [0.15, 0.2) is 180 Å². The third kappa shape index (κ3) is 5.04. The molecule has 0 unspecified atom stereocenters. The van der Waals surface area contributed by atoms with E-state index in [2.05, 4.69) is 140 Å². The largest absolute Gasteiger partial charge is 0.455 e. The molecule has 4 nitrogen and oxygen atoms in total. The number of fused-ring (bicyclic) bond motifs is 7. The third-order valence-corrected chi connectivity index (χ3v) is 9.70. The summed E-state index contributed by atoms with van der Waals surface area (Å²) in [6.45, 7) is 0. The second-order valence-electron chi connectivity index (χ2n) is 12.8. The van der Waals surface area contributed by atoms with E-state index in [1.807, 2.05) is 36.4 Å². The topological polar surface area (TPSA) is 51.8 Å². The lowest BCUT2D eigenvalue weighted by atomic mass is 9.98. The predicted octanol–water partition coefficient (Wildman–Crippen LogP) is 12.4. The lowest BCUT2D eigenvalue weighted by Gasteiger charge is -2.11. The molecular weight excluding hydrogens is 623 g/mol. The van der Waals surface area contributed by atoms with Crippen molar-refractivity contribution in [3.63, 3.8) is 0 Å². The van der Waals surface area contributed by atoms with E-state index in [1.54, 1.807) is 0 Å². The molecule has 10 aromatic rings. The van der Waals surface area contributed by atoms with Gasteiger partial charge in [-0.05, 0) is 34.7 Å². The zero-order valence-corrected chi connectivity index (χ0v) is 27.5. The summed E-state index contributed by atoms with van der Waals surface area (Å²) >= 11 is 0. The summed E-state index contributed by atoms with van der Waals surface area (Å²) in [5.74, 6) is 0.689. The lowest BCUT2D eigenvalue weighted by Crippen LogP contribution is -1.96. The second-order valence-corrected chi connectivity index (χ2v) is 12.8. The van der Waals surface area contributed by atoms with Gasteiger partial charge in [-0.2, -0.15) is 0 Å². The van der Waals surface area contributed by atoms with Crippen LogP contribution in [-0.2, 0) is 0 Å². The van der Waals surface area contributed by atoms with Crippen LogP contribution in [0.2, 0.25) is 0 Å². The zero-order valence-electron chi connectivity index (χ0n) is 27.5. The Morgan fingerprint density at radius 1 is 0.373 bits per heavy atom. The molecule has 0 aliphatic carbocycles. The zero-order chi connectivity index (χ0) is 33.7. The molecule has 4 heteroatoms. The fourth-order valence-corrected chi connectivity index (χ4v) is 7.13. The molecular formula is C47H29N3O. The summed E-state index contributed by atoms with van der Waals surface area (Å²) in [6, 6.07) is 60.7. The number of pyridine rings is 1. The van der Waals surface area contributed by atoms with Crippen molar-refractivity contribution in [1.29, 1.82) is 0 Å². The average molecular weight is 652 g/mol. The first kappa shape index (κ1) is 29.0. The molecule has 0 spiro atoms. The lowest BCUT2D eigenvalue weighted by molar-refractivity contribution is 0.672. The van der Waals surface area contributed by atoms with Gasteiger partial charge in [0.2, 0.25) is 0 Å². The molecule has 7 aromatic carbocycles. The summed E-state index contributed by atoms with van der Waals surface area (Å²) < 4.78 is 6.56. The van der Waals surface area contributed by atoms with Crippen molar-refractivity contribution in [2.24, 2.45) is 0 Å². The molecule has 0 saturated carbocycles. The van der Waals surface area contributed by atoms with Gasteiger partial charge in [-0.1, -0.05) is 158 Å². The molecule has 0 radical (unpaired) electrons. The Hall–Kier alpha value is -6.91. The molecule has 51 heavy (non-hydrogen) atoms. The smallest absolute Gasteiger partial charge is 0.160 e. The first-order chi connectivity index (χ1) is 25.3. The van der Waals surface area contributed by atoms with Gasteiger partial charge in [-0.3, -0.25) is 0 Å². The first-order valence-corrected chi connectivity index (χ1v) is 17.1. The van der Waals surface area contributed by atoms with Crippen LogP contribution in [0.25, 0.3) is 99.9 Å². The van der Waals surface area contributed by atoms with Crippen LogP contribution in [-0.4, -0.2) is 15.0 Å². The number of rotatable bonds is 5. The number of nitrogens with zero attached hydrogens (tertiary/aromatic N) is 3. The van der Waals surface area contributed by atoms with Gasteiger partial charge in [0.1, 0.15) is 11.2 Å². The third-order valence-electron chi connectivity index (χ3n) is 9.70. The van der Waals surface area contributed by atoms with Crippen molar-refractivity contribution in [1.82, 2.24) is 15.0 Å². The number of aromatic nitrogens is 3. The van der Waals surface area contributed by atoms with Crippen LogP contribution in [0.4, 0.5) is 0 Å². The van der Waals surface area contributed by atoms with Gasteiger partial charge in [-0.15, -0.1) is 0 Å². The molecule has 0 saturated heterocycles. The van der Waals surface area contributed by atoms with Gasteiger partial charge in [0, 0.05) is 38.4 Å². The minimum absolute atomic E-state index is 0.689. The van der Waals surface area contributed by atoms with Gasteiger partial charge in [0.15, 0.2) is 5.82 Å². The van der Waals surface area contributed by atoms with Gasteiger partial charge >= 0.3 is 0 Å². The highest BCUT2D eigenvalue weighted by Crippen LogP contribution is 2.41. The van der Waals surface area contributed by atoms with Gasteiger partial charge in [0.05, 0.1) is 28.0 Å². The number of para-hydroxylation sites is 1. The van der Waals surface area contributed by atoms with Crippen LogP contribution < -0.4 is 0 Å². The van der Waals surface area contributed by atoms with E-state index in [9.17, 15) is 0 Å². The Balaban J connectivity index is 1.11. The Bertz CT molecular complexity index is 2880. The van der Waals surface area contributed by atoms with E-state index in [0.717, 1.165) is 82.9 Å². The van der Waals surface area contributed by atoms with Crippen molar-refractivity contribution in [3.05, 3.63) is 176 Å². The van der Waals surface area contributed by atoms with Gasteiger partial charge < -0.3 is 4.42 Å². The molecule has 0 atom stereocenters. The van der Waals surface area contributed by atoms with E-state index in [1.165, 1.54) is 11.1 Å². The van der Waals surface area contributed by atoms with Crippen molar-refractivity contribution in [2.75, 3.05) is 0 Å². The average Bonchev–Trinajstić information content (AvgIpc) is 3.61. The molecule has 3 aromatic heterocycles. The van der Waals surface area contributed by atoms with Crippen LogP contribution in [0, 0.1) is 0 Å². The predicted molar refractivity (Wildman–Crippen MR) is 209 cm³/mol. The molecule has 3 heterocycles. The maximum Gasteiger partial charge on any atom is 0.160 e. The SMILES string of the molecule is c1ccc(-c2ccc(-c3cc(-c4ccc(-c5nc6c7ccccc7ccc6c6oc7ccccc7c56)cc4)nc(-c4ccccc4)n3)cc2)cc1. The quantitative estimate of drug-likeness (QED) is 0.174. The standard InChI is InChI=1S/C47H29N3O/c1-3-11-30(12-4-1)31-19-21-33(22-20-31)40-29-41(49-47(48-40)36-14-5-2-6-15-36)34-23-25-35(26-24-34)44-43-38-17-9-10-18-42(38)51-46(43)39-28-27-32-13-7-8-16-37(32)45(39)50-44/h1-29H. The fraction of sp³-hybridized carbons (Fsp3) is 0. The highest BCUT2D eigenvalue weighted by molar-refractivity contribution is 6.22. The Morgan fingerprint density at radius 3 is 1.63 bits per heavy atom. The van der Waals surface area contributed by atoms with Gasteiger partial charge in [0.25, 0.3) is 0 Å². The second kappa shape index (κ2) is 11.9. The van der Waals surface area contributed by atoms with Crippen molar-refractivity contribution in [3.8, 4) is 56.3 Å². The van der Waals surface area contributed by atoms with Crippen LogP contribution in [0.3, 0.4) is 0 Å². The molecule has 0 amide bonds. The van der Waals surface area contributed by atoms with Crippen molar-refractivity contribution in [2.45, 2.75) is 0 Å². The fourth-order valence-electron chi connectivity index (χ4n) is 7.13. The van der Waals surface area contributed by atoms with Crippen LogP contribution in [0.5, 0.6) is 0 Å². The van der Waals surface area contributed by atoms with E-state index >= 15 is 0 Å². The molecule has 0 fully saturated rings. The summed E-state index contributed by atoms with van der Waals surface area (Å²) in [7, 11) is 0. The number of furan rings is 1. The first-order valence-electron chi connectivity index (χ1n) is 17.1. The van der Waals surface area contributed by atoms with Crippen LogP contribution in [0.1, 0.15) is 0 Å². The minimum atomic E-state index is 0.689. The summed E-state index contributed by atoms with van der Waals surface area (Å²) in [6.07, 6.45) is 0. The van der Waals surface area contributed by atoms with Crippen molar-refractivity contribution >= 4 is 43.6 Å². The van der Waals surface area contributed by atoms with E-state index in [0.29, 0.717) is 5.82 Å². The monoisotopic (exact) mass is 651 g/mol. The number of hydrogen-bond donors (Lipinski definition) is 0.